The summed E-state index contributed by atoms with van der Waals surface area (Å²) in [6, 6.07) is -46.1. The zero-order chi connectivity index (χ0) is 103. The first-order valence-electron chi connectivity index (χ1n) is 52.1. The van der Waals surface area contributed by atoms with Crippen LogP contribution >= 0.6 is 0 Å². The minimum absolute atomic E-state index is 0.451. The van der Waals surface area contributed by atoms with Crippen LogP contribution in [-0.2, 0) is 0 Å². The lowest BCUT2D eigenvalue weighted by Gasteiger charge is -2.18. The molecule has 0 bridgehead atoms. The van der Waals surface area contributed by atoms with E-state index >= 15 is 0 Å². The van der Waals surface area contributed by atoms with Crippen molar-refractivity contribution in [1.82, 2.24) is 0 Å². The van der Waals surface area contributed by atoms with E-state index in [1.54, 1.807) is 0 Å². The summed E-state index contributed by atoms with van der Waals surface area (Å²) in [5, 5.41) is -12.1. The van der Waals surface area contributed by atoms with Gasteiger partial charge < -0.3 is 8.83 Å². The molecule has 0 unspecified atom stereocenters. The lowest BCUT2D eigenvalue weighted by Crippen LogP contribution is -1.91. The van der Waals surface area contributed by atoms with Crippen molar-refractivity contribution < 1.29 is 80.1 Å². The molecule has 0 aliphatic rings. The second-order valence-electron chi connectivity index (χ2n) is 19.3. The van der Waals surface area contributed by atoms with Crippen LogP contribution in [0.4, 0.5) is 0 Å². The largest absolute Gasteiger partial charge is 0.456 e. The molecule has 0 saturated heterocycles. The summed E-state index contributed by atoms with van der Waals surface area (Å²) in [6.45, 7) is 0. The molecule has 0 N–H and O–H groups in total. The van der Waals surface area contributed by atoms with Crippen molar-refractivity contribution in [3.05, 3.63) is 314 Å². The maximum Gasteiger partial charge on any atom is 0.136 e. The van der Waals surface area contributed by atoms with Gasteiger partial charge in [0.25, 0.3) is 0 Å². The van der Waals surface area contributed by atoms with Crippen molar-refractivity contribution >= 4 is 130 Å². The van der Waals surface area contributed by atoms with Crippen LogP contribution in [0.25, 0.3) is 186 Å². The zero-order valence-electron chi connectivity index (χ0n) is 95.8. The van der Waals surface area contributed by atoms with E-state index in [4.69, 9.17) is 52.7 Å². The van der Waals surface area contributed by atoms with E-state index in [9.17, 15) is 27.4 Å². The van der Waals surface area contributed by atoms with Crippen molar-refractivity contribution in [1.29, 1.82) is 0 Å². The fourth-order valence-electron chi connectivity index (χ4n) is 10.9. The van der Waals surface area contributed by atoms with E-state index in [2.05, 4.69) is 0 Å². The Balaban J connectivity index is 0.000000187. The van der Waals surface area contributed by atoms with Crippen LogP contribution in [0, 0.1) is 0 Å². The summed E-state index contributed by atoms with van der Waals surface area (Å²) >= 11 is 0. The second-order valence-corrected chi connectivity index (χ2v) is 19.3. The van der Waals surface area contributed by atoms with Gasteiger partial charge in [-0.15, -0.1) is 0 Å². The van der Waals surface area contributed by atoms with Crippen LogP contribution in [0.15, 0.2) is 323 Å². The van der Waals surface area contributed by atoms with Crippen LogP contribution in [0.1, 0.15) is 71.3 Å². The summed E-state index contributed by atoms with van der Waals surface area (Å²) < 4.78 is 478. The summed E-state index contributed by atoms with van der Waals surface area (Å²) in [5.74, 6) is 0. The number of furan rings is 2. The molecule has 19 rings (SSSR count). The van der Waals surface area contributed by atoms with Crippen molar-refractivity contribution in [3.63, 3.8) is 0 Å². The third-order valence-corrected chi connectivity index (χ3v) is 14.5. The van der Waals surface area contributed by atoms with Crippen molar-refractivity contribution in [2.75, 3.05) is 0 Å². The van der Waals surface area contributed by atoms with Gasteiger partial charge in [-0.3, -0.25) is 0 Å². The van der Waals surface area contributed by atoms with Gasteiger partial charge in [-0.05, 0) is 196 Å². The van der Waals surface area contributed by atoms with E-state index in [1.165, 1.54) is 0 Å². The van der Waals surface area contributed by atoms with E-state index in [-0.39, 0.29) is 0 Å². The molecule has 0 atom stereocenters. The molecule has 0 fully saturated rings. The molecule has 0 saturated carbocycles. The van der Waals surface area contributed by atoms with Gasteiger partial charge in [0.15, 0.2) is 0 Å². The minimum Gasteiger partial charge on any atom is -0.456 e. The Labute approximate surface area is 580 Å². The second kappa shape index (κ2) is 20.0. The normalized spacial score (nSPS) is 20.1. The Hall–Kier alpha value is -11.6. The maximum atomic E-state index is 9.73. The van der Waals surface area contributed by atoms with E-state index in [0.29, 0.717) is 0 Å². The molecule has 0 spiro atoms. The van der Waals surface area contributed by atoms with Gasteiger partial charge in [-0.2, -0.15) is 0 Å². The van der Waals surface area contributed by atoms with Crippen molar-refractivity contribution in [2.45, 2.75) is 0 Å². The molecule has 0 aliphatic heterocycles. The van der Waals surface area contributed by atoms with Crippen LogP contribution in [-0.4, -0.2) is 0 Å². The lowest BCUT2D eigenvalue weighted by atomic mass is 9.84. The third-order valence-electron chi connectivity index (χ3n) is 14.5. The quantitative estimate of drug-likeness (QED) is 0.161. The van der Waals surface area contributed by atoms with Crippen LogP contribution in [0.5, 0.6) is 0 Å². The van der Waals surface area contributed by atoms with Gasteiger partial charge in [-0.1, -0.05) is 260 Å². The standard InChI is InChI=1S/C46H28O.C40H24O/c1-2-11-29(12-3-1)32-21-22-34-26-35(24-23-33(34)25-32)44-36-15-6-8-17-38(36)45(39-18-9-7-16-37(39)44)40-19-10-20-42-46(40)41-27-30-13-4-5-14-31(30)28-43(41)47-42;1-2-11-26-22-29(21-20-25(26)10-1)38-30-14-5-7-16-32(30)39(33-17-8-6-15-31(33)38)34-18-9-19-36-40(34)35-23-27-12-3-4-13-28(27)24-37(35)41-36/h1-28H;1-24H/i1D,2D,3D,4D,5D,6D,7D,8D,9D,10D,11D,12D,13D,14D,15D,16D,17D,18D,19D,20D,21D,22D,23D,24D,25D,26D,27D,28D;1D,2D,3D,4D,5D,6D,7D,8D,9D,10D,11D,12D,13D,14D,15D,16D,17D,18D,19D,20D,21D,22D,23D,24D. The maximum absolute atomic E-state index is 9.73. The third kappa shape index (κ3) is 7.97. The lowest BCUT2D eigenvalue weighted by molar-refractivity contribution is 0.669. The highest BCUT2D eigenvalue weighted by molar-refractivity contribution is 6.28. The highest BCUT2D eigenvalue weighted by Crippen LogP contribution is 2.50. The molecule has 88 heavy (non-hydrogen) atoms. The van der Waals surface area contributed by atoms with Crippen LogP contribution in [0.3, 0.4) is 0 Å². The van der Waals surface area contributed by atoms with E-state index in [1.807, 2.05) is 0 Å². The Morgan fingerprint density at radius 1 is 0.182 bits per heavy atom. The van der Waals surface area contributed by atoms with Gasteiger partial charge in [0.2, 0.25) is 0 Å². The van der Waals surface area contributed by atoms with Gasteiger partial charge >= 0.3 is 0 Å². The smallest absolute Gasteiger partial charge is 0.136 e. The predicted octanol–water partition coefficient (Wildman–Crippen LogP) is 24.7. The molecule has 2 heteroatoms. The number of hydrogen-bond donors (Lipinski definition) is 0. The first-order valence-corrected chi connectivity index (χ1v) is 26.1. The number of benzene rings is 17. The fraction of sp³-hybridized carbons (Fsp3) is 0. The average molecular weight is 1170 g/mol. The summed E-state index contributed by atoms with van der Waals surface area (Å²) in [7, 11) is 0. The highest BCUT2D eigenvalue weighted by atomic mass is 16.3. The predicted molar refractivity (Wildman–Crippen MR) is 375 cm³/mol. The topological polar surface area (TPSA) is 26.3 Å². The van der Waals surface area contributed by atoms with Crippen LogP contribution < -0.4 is 0 Å². The van der Waals surface area contributed by atoms with Gasteiger partial charge in [0, 0.05) is 21.5 Å². The number of hydrogen-bond acceptors (Lipinski definition) is 2. The first-order chi connectivity index (χ1) is 65.3. The van der Waals surface area contributed by atoms with Crippen molar-refractivity contribution in [3.8, 4) is 55.6 Å². The molecule has 2 nitrogen and oxygen atoms in total. The molecule has 19 aromatic rings. The monoisotopic (exact) mass is 1170 g/mol. The van der Waals surface area contributed by atoms with Crippen LogP contribution in [0.2, 0.25) is 0 Å². The molecule has 0 amide bonds. The van der Waals surface area contributed by atoms with Gasteiger partial charge in [-0.25, -0.2) is 0 Å². The first kappa shape index (κ1) is 20.6. The van der Waals surface area contributed by atoms with E-state index in [0.717, 1.165) is 0 Å². The van der Waals surface area contributed by atoms with Crippen molar-refractivity contribution in [2.24, 2.45) is 0 Å². The minimum atomic E-state index is -1.06. The zero-order valence-corrected chi connectivity index (χ0v) is 43.8. The molecule has 2 aromatic heterocycles. The molecule has 17 aromatic carbocycles. The fourth-order valence-corrected chi connectivity index (χ4v) is 10.9. The molecule has 0 aliphatic carbocycles. The summed E-state index contributed by atoms with van der Waals surface area (Å²) in [5.41, 5.74) is -9.46. The Bertz CT molecular complexity index is 9120. The molecular weight excluding hydrogens is 1060 g/mol. The number of rotatable bonds is 5. The van der Waals surface area contributed by atoms with Gasteiger partial charge in [0.05, 0.1) is 71.3 Å². The highest BCUT2D eigenvalue weighted by Gasteiger charge is 2.23. The summed E-state index contributed by atoms with van der Waals surface area (Å²) in [6.07, 6.45) is 0. The SMILES string of the molecule is [2H]c1c([2H])c(-c2c3c([2H])c([2H])c([2H])c([2H])c3c(-c3c([2H])c([2H])c4c([2H])c([2H])c([2H])c([2H])c4c3[2H])c3c([2H])c([2H])c([2H])c([2H])c23)c2c(oc3c([2H])c4c([2H])c([2H])c([2H])c([2H])c4c([2H])c32)c1[2H].[2H]c1c([2H])c([2H])c(-c2c([2H])c([2H])c3c([2H])c(-c4c5c([2H])c([2H])c([2H])c([2H])c5c(-c5c([2H])c([2H])c([2H])c6oc7c([2H])c8c([2H])c([2H])c([2H])c([2H])c8c([2H])c7c56)c5c([2H])c([2H])c([2H])c([2H])c45)c([2H])c([2H])c3c2[2H])c([2H])c1[2H]. The number of fused-ring (bicyclic) bond motifs is 14. The Morgan fingerprint density at radius 3 is 0.909 bits per heavy atom. The summed E-state index contributed by atoms with van der Waals surface area (Å²) in [4.78, 5) is 0. The molecule has 2 heterocycles. The Kier molecular flexibility index (Phi) is 4.68. The Morgan fingerprint density at radius 2 is 0.489 bits per heavy atom. The van der Waals surface area contributed by atoms with E-state index < -0.39 is 500 Å². The van der Waals surface area contributed by atoms with Gasteiger partial charge in [0.1, 0.15) is 22.3 Å². The molecular formula is C86H52O2. The average Bonchev–Trinajstić information content (AvgIpc) is 1.22. The molecule has 408 valence electrons. The molecule has 0 radical (unpaired) electrons.